The molecular formula is C14H11BrN2O2. The van der Waals surface area contributed by atoms with Gasteiger partial charge in [0.05, 0.1) is 5.69 Å². The third-order valence-corrected chi connectivity index (χ3v) is 3.67. The minimum absolute atomic E-state index is 0.0846. The summed E-state index contributed by atoms with van der Waals surface area (Å²) in [5.74, 6) is 0.426. The van der Waals surface area contributed by atoms with Crippen LogP contribution in [0.4, 0.5) is 5.69 Å². The van der Waals surface area contributed by atoms with Crippen LogP contribution in [-0.2, 0) is 4.79 Å². The molecule has 1 aromatic heterocycles. The predicted octanol–water partition coefficient (Wildman–Crippen LogP) is 2.96. The van der Waals surface area contributed by atoms with Crippen molar-refractivity contribution in [2.24, 2.45) is 0 Å². The standard InChI is InChI=1S/C14H11BrN2O2/c15-13-11(5-3-7-16-13)17-14(18)10-8-19-12-6-2-1-4-9(10)12/h1-7,10H,8H2,(H,17,18). The lowest BCUT2D eigenvalue weighted by Gasteiger charge is -2.10. The largest absolute Gasteiger partial charge is 0.492 e. The second kappa shape index (κ2) is 5.01. The van der Waals surface area contributed by atoms with Crippen molar-refractivity contribution in [2.75, 3.05) is 11.9 Å². The molecule has 0 saturated carbocycles. The zero-order valence-corrected chi connectivity index (χ0v) is 11.6. The van der Waals surface area contributed by atoms with E-state index in [2.05, 4.69) is 26.2 Å². The van der Waals surface area contributed by atoms with Gasteiger partial charge in [0, 0.05) is 11.8 Å². The lowest BCUT2D eigenvalue weighted by Crippen LogP contribution is -2.22. The topological polar surface area (TPSA) is 51.2 Å². The second-order valence-corrected chi connectivity index (χ2v) is 4.98. The number of fused-ring (bicyclic) bond motifs is 1. The van der Waals surface area contributed by atoms with Crippen LogP contribution in [0, 0.1) is 0 Å². The van der Waals surface area contributed by atoms with Gasteiger partial charge in [-0.1, -0.05) is 18.2 Å². The molecule has 0 aliphatic carbocycles. The summed E-state index contributed by atoms with van der Waals surface area (Å²) in [4.78, 5) is 16.4. The molecule has 1 N–H and O–H groups in total. The number of rotatable bonds is 2. The molecule has 2 aromatic rings. The molecule has 96 valence electrons. The van der Waals surface area contributed by atoms with Gasteiger partial charge >= 0.3 is 0 Å². The summed E-state index contributed by atoms with van der Waals surface area (Å²) >= 11 is 3.31. The van der Waals surface area contributed by atoms with E-state index >= 15 is 0 Å². The Morgan fingerprint density at radius 1 is 1.32 bits per heavy atom. The van der Waals surface area contributed by atoms with Gasteiger partial charge in [-0.3, -0.25) is 4.79 Å². The van der Waals surface area contributed by atoms with E-state index in [0.29, 0.717) is 16.9 Å². The quantitative estimate of drug-likeness (QED) is 0.866. The molecule has 3 rings (SSSR count). The Hall–Kier alpha value is -1.88. The van der Waals surface area contributed by atoms with Crippen LogP contribution in [0.2, 0.25) is 0 Å². The number of ether oxygens (including phenoxy) is 1. The number of aromatic nitrogens is 1. The van der Waals surface area contributed by atoms with E-state index in [-0.39, 0.29) is 11.8 Å². The number of para-hydroxylation sites is 1. The number of benzene rings is 1. The first kappa shape index (κ1) is 12.2. The van der Waals surface area contributed by atoms with Gasteiger partial charge in [-0.2, -0.15) is 0 Å². The number of carbonyl (C=O) groups excluding carboxylic acids is 1. The molecule has 0 spiro atoms. The lowest BCUT2D eigenvalue weighted by molar-refractivity contribution is -0.117. The summed E-state index contributed by atoms with van der Waals surface area (Å²) in [7, 11) is 0. The van der Waals surface area contributed by atoms with Gasteiger partial charge in [0.2, 0.25) is 5.91 Å². The van der Waals surface area contributed by atoms with Crippen molar-refractivity contribution in [2.45, 2.75) is 5.92 Å². The van der Waals surface area contributed by atoms with Gasteiger partial charge < -0.3 is 10.1 Å². The Kier molecular flexibility index (Phi) is 3.21. The Labute approximate surface area is 118 Å². The monoisotopic (exact) mass is 318 g/mol. The van der Waals surface area contributed by atoms with Gasteiger partial charge in [0.1, 0.15) is 22.9 Å². The van der Waals surface area contributed by atoms with E-state index in [9.17, 15) is 4.79 Å². The van der Waals surface area contributed by atoms with Crippen LogP contribution in [0.5, 0.6) is 5.75 Å². The van der Waals surface area contributed by atoms with Gasteiger partial charge in [0.25, 0.3) is 0 Å². The summed E-state index contributed by atoms with van der Waals surface area (Å²) < 4.78 is 6.13. The van der Waals surface area contributed by atoms with E-state index < -0.39 is 0 Å². The van der Waals surface area contributed by atoms with Gasteiger partial charge in [-0.05, 0) is 34.1 Å². The van der Waals surface area contributed by atoms with Crippen molar-refractivity contribution in [1.82, 2.24) is 4.98 Å². The van der Waals surface area contributed by atoms with E-state index in [4.69, 9.17) is 4.74 Å². The molecule has 2 heterocycles. The lowest BCUT2D eigenvalue weighted by atomic mass is 10.0. The van der Waals surface area contributed by atoms with Crippen LogP contribution in [0.25, 0.3) is 0 Å². The van der Waals surface area contributed by atoms with Crippen molar-refractivity contribution in [3.05, 3.63) is 52.8 Å². The maximum Gasteiger partial charge on any atom is 0.235 e. The number of nitrogens with one attached hydrogen (secondary N) is 1. The molecule has 0 bridgehead atoms. The highest BCUT2D eigenvalue weighted by molar-refractivity contribution is 9.10. The number of amides is 1. The first-order valence-electron chi connectivity index (χ1n) is 5.89. The fourth-order valence-corrected chi connectivity index (χ4v) is 2.43. The SMILES string of the molecule is O=C(Nc1cccnc1Br)C1COc2ccccc21. The summed E-state index contributed by atoms with van der Waals surface area (Å²) in [6.45, 7) is 0.378. The molecule has 1 unspecified atom stereocenters. The minimum atomic E-state index is -0.275. The van der Waals surface area contributed by atoms with E-state index in [1.54, 1.807) is 18.3 Å². The maximum absolute atomic E-state index is 12.3. The Bertz CT molecular complexity index is 630. The third-order valence-electron chi connectivity index (χ3n) is 3.03. The summed E-state index contributed by atoms with van der Waals surface area (Å²) in [6, 6.07) is 11.2. The molecule has 4 nitrogen and oxygen atoms in total. The number of hydrogen-bond acceptors (Lipinski definition) is 3. The van der Waals surface area contributed by atoms with Gasteiger partial charge in [-0.15, -0.1) is 0 Å². The van der Waals surface area contributed by atoms with E-state index in [0.717, 1.165) is 11.3 Å². The van der Waals surface area contributed by atoms with Crippen LogP contribution in [-0.4, -0.2) is 17.5 Å². The zero-order valence-electron chi connectivity index (χ0n) is 9.97. The van der Waals surface area contributed by atoms with Crippen LogP contribution >= 0.6 is 15.9 Å². The van der Waals surface area contributed by atoms with Crippen LogP contribution < -0.4 is 10.1 Å². The zero-order chi connectivity index (χ0) is 13.2. The molecule has 1 amide bonds. The predicted molar refractivity (Wildman–Crippen MR) is 75.2 cm³/mol. The highest BCUT2D eigenvalue weighted by Crippen LogP contribution is 2.34. The molecule has 1 aromatic carbocycles. The van der Waals surface area contributed by atoms with E-state index in [1.165, 1.54) is 0 Å². The molecular weight excluding hydrogens is 308 g/mol. The smallest absolute Gasteiger partial charge is 0.235 e. The second-order valence-electron chi connectivity index (χ2n) is 4.23. The highest BCUT2D eigenvalue weighted by Gasteiger charge is 2.30. The van der Waals surface area contributed by atoms with Gasteiger partial charge in [-0.25, -0.2) is 4.98 Å². The number of anilines is 1. The molecule has 1 atom stereocenters. The van der Waals surface area contributed by atoms with Crippen LogP contribution in [0.15, 0.2) is 47.2 Å². The number of hydrogen-bond donors (Lipinski definition) is 1. The Morgan fingerprint density at radius 2 is 2.16 bits per heavy atom. The molecule has 1 aliphatic rings. The summed E-state index contributed by atoms with van der Waals surface area (Å²) in [5.41, 5.74) is 1.59. The normalized spacial score (nSPS) is 16.6. The first-order chi connectivity index (χ1) is 9.25. The number of halogens is 1. The third kappa shape index (κ3) is 2.33. The number of nitrogens with zero attached hydrogens (tertiary/aromatic N) is 1. The van der Waals surface area contributed by atoms with Crippen molar-refractivity contribution < 1.29 is 9.53 Å². The molecule has 0 saturated heterocycles. The first-order valence-corrected chi connectivity index (χ1v) is 6.68. The van der Waals surface area contributed by atoms with Crippen molar-refractivity contribution in [3.8, 4) is 5.75 Å². The van der Waals surface area contributed by atoms with Crippen molar-refractivity contribution in [3.63, 3.8) is 0 Å². The molecule has 0 fully saturated rings. The van der Waals surface area contributed by atoms with Crippen LogP contribution in [0.1, 0.15) is 11.5 Å². The average molecular weight is 319 g/mol. The van der Waals surface area contributed by atoms with E-state index in [1.807, 2.05) is 24.3 Å². The molecule has 5 heteroatoms. The minimum Gasteiger partial charge on any atom is -0.492 e. The fourth-order valence-electron chi connectivity index (χ4n) is 2.08. The molecule has 19 heavy (non-hydrogen) atoms. The van der Waals surface area contributed by atoms with Crippen LogP contribution in [0.3, 0.4) is 0 Å². The maximum atomic E-state index is 12.3. The number of carbonyl (C=O) groups is 1. The van der Waals surface area contributed by atoms with Gasteiger partial charge in [0.15, 0.2) is 0 Å². The molecule has 0 radical (unpaired) electrons. The molecule has 1 aliphatic heterocycles. The van der Waals surface area contributed by atoms with Crippen molar-refractivity contribution >= 4 is 27.5 Å². The average Bonchev–Trinajstić information content (AvgIpc) is 2.85. The Balaban J connectivity index is 1.81. The highest BCUT2D eigenvalue weighted by atomic mass is 79.9. The fraction of sp³-hybridized carbons (Fsp3) is 0.143. The summed E-state index contributed by atoms with van der Waals surface area (Å²) in [6.07, 6.45) is 1.66. The number of pyridine rings is 1. The summed E-state index contributed by atoms with van der Waals surface area (Å²) in [5, 5.41) is 2.86. The Morgan fingerprint density at radius 3 is 3.00 bits per heavy atom. The van der Waals surface area contributed by atoms with Crippen molar-refractivity contribution in [1.29, 1.82) is 0 Å².